The van der Waals surface area contributed by atoms with Gasteiger partial charge in [0.15, 0.2) is 0 Å². The van der Waals surface area contributed by atoms with Gasteiger partial charge in [-0.25, -0.2) is 0 Å². The van der Waals surface area contributed by atoms with Gasteiger partial charge in [0, 0.05) is 0 Å². The van der Waals surface area contributed by atoms with E-state index in [9.17, 15) is 0 Å². The monoisotopic (exact) mass is 172 g/mol. The molecule has 1 nitrogen and oxygen atoms in total. The molecule has 1 atom stereocenters. The van der Waals surface area contributed by atoms with E-state index in [1.807, 2.05) is 31.2 Å². The third kappa shape index (κ3) is 4.00. The Kier molecular flexibility index (Phi) is 7.34. The van der Waals surface area contributed by atoms with Gasteiger partial charge < -0.3 is 4.52 Å². The van der Waals surface area contributed by atoms with Crippen LogP contribution < -0.4 is 4.52 Å². The second-order valence-corrected chi connectivity index (χ2v) is 2.17. The van der Waals surface area contributed by atoms with Crippen molar-refractivity contribution in [2.45, 2.75) is 21.8 Å². The molecule has 0 fully saturated rings. The summed E-state index contributed by atoms with van der Waals surface area (Å²) >= 11 is 0. The summed E-state index contributed by atoms with van der Waals surface area (Å²) in [6, 6.07) is 7.89. The number of rotatable bonds is 1. The smallest absolute Gasteiger partial charge is 0.122 e. The Bertz CT molecular complexity index is 181. The van der Waals surface area contributed by atoms with Crippen LogP contribution in [0.1, 0.15) is 20.4 Å². The normalized spacial score (nSPS) is 7.45. The summed E-state index contributed by atoms with van der Waals surface area (Å²) in [6.07, 6.45) is 0. The van der Waals surface area contributed by atoms with E-state index in [1.165, 1.54) is 5.56 Å². The summed E-state index contributed by atoms with van der Waals surface area (Å²) in [5, 5.41) is 0. The minimum Gasteiger partial charge on any atom is -0.480 e. The average Bonchev–Trinajstić information content (AvgIpc) is 1.90. The molecule has 0 spiro atoms. The maximum absolute atomic E-state index is 4.89. The van der Waals surface area contributed by atoms with Crippen molar-refractivity contribution in [1.82, 2.24) is 0 Å². The lowest BCUT2D eigenvalue weighted by Crippen LogP contribution is -1.73. The summed E-state index contributed by atoms with van der Waals surface area (Å²) < 4.78 is 4.89. The van der Waals surface area contributed by atoms with Crippen molar-refractivity contribution in [1.29, 1.82) is 0 Å². The van der Waals surface area contributed by atoms with Crippen LogP contribution in [0.3, 0.4) is 0 Å². The number of hydrogen-bond donors (Lipinski definition) is 0. The maximum Gasteiger partial charge on any atom is 0.122 e. The lowest BCUT2D eigenvalue weighted by atomic mass is 10.2. The second-order valence-electron chi connectivity index (χ2n) is 1.93. The lowest BCUT2D eigenvalue weighted by molar-refractivity contribution is 0.646. The van der Waals surface area contributed by atoms with Crippen LogP contribution >= 0.6 is 9.47 Å². The highest BCUT2D eigenvalue weighted by molar-refractivity contribution is 7.10. The van der Waals surface area contributed by atoms with Crippen LogP contribution in [-0.2, 0) is 0 Å². The summed E-state index contributed by atoms with van der Waals surface area (Å²) in [5.74, 6) is 0.880. The van der Waals surface area contributed by atoms with Crippen molar-refractivity contribution >= 4 is 9.47 Å². The fourth-order valence-electron chi connectivity index (χ4n) is 0.617. The predicted molar refractivity (Wildman–Crippen MR) is 55.0 cm³/mol. The molecule has 0 aliphatic rings. The molecule has 2 heteroatoms. The van der Waals surface area contributed by atoms with Crippen molar-refractivity contribution in [3.05, 3.63) is 29.8 Å². The van der Waals surface area contributed by atoms with Gasteiger partial charge in [0.2, 0.25) is 0 Å². The zero-order valence-corrected chi connectivity index (χ0v) is 6.45. The van der Waals surface area contributed by atoms with E-state index >= 15 is 0 Å². The Morgan fingerprint density at radius 1 is 1.09 bits per heavy atom. The summed E-state index contributed by atoms with van der Waals surface area (Å²) in [5.41, 5.74) is 1.25. The quantitative estimate of drug-likeness (QED) is 0.589. The molecule has 0 heterocycles. The van der Waals surface area contributed by atoms with E-state index < -0.39 is 0 Å². The minimum atomic E-state index is 0. The standard InChI is InChI=1S/C7H9OP.2CH4/c1-6-2-4-7(8-9)5-3-6;;/h2-5H,9H2,1H3;2*1H4. The Labute approximate surface area is 72.1 Å². The third-order valence-electron chi connectivity index (χ3n) is 1.16. The predicted octanol–water partition coefficient (Wildman–Crippen LogP) is 3.44. The molecule has 1 unspecified atom stereocenters. The highest BCUT2D eigenvalue weighted by Gasteiger charge is 1.85. The molecule has 0 bridgehead atoms. The van der Waals surface area contributed by atoms with E-state index in [0.717, 1.165) is 5.75 Å². The topological polar surface area (TPSA) is 9.23 Å². The van der Waals surface area contributed by atoms with Gasteiger partial charge in [-0.05, 0) is 19.1 Å². The van der Waals surface area contributed by atoms with Crippen molar-refractivity contribution in [3.63, 3.8) is 0 Å². The molecule has 1 aromatic carbocycles. The zero-order valence-electron chi connectivity index (χ0n) is 5.29. The molecule has 1 aromatic rings. The SMILES string of the molecule is C.C.Cc1ccc(OP)cc1. The Morgan fingerprint density at radius 3 is 1.91 bits per heavy atom. The number of benzene rings is 1. The van der Waals surface area contributed by atoms with E-state index in [-0.39, 0.29) is 14.9 Å². The molecule has 64 valence electrons. The van der Waals surface area contributed by atoms with Gasteiger partial charge in [0.05, 0.1) is 9.47 Å². The van der Waals surface area contributed by atoms with Crippen molar-refractivity contribution < 1.29 is 4.52 Å². The first-order valence-electron chi connectivity index (χ1n) is 2.76. The van der Waals surface area contributed by atoms with E-state index in [0.29, 0.717) is 0 Å². The third-order valence-corrected chi connectivity index (χ3v) is 1.43. The summed E-state index contributed by atoms with van der Waals surface area (Å²) in [7, 11) is 2.21. The molecule has 0 aliphatic carbocycles. The van der Waals surface area contributed by atoms with Crippen LogP contribution in [0.4, 0.5) is 0 Å². The van der Waals surface area contributed by atoms with Crippen LogP contribution in [-0.4, -0.2) is 0 Å². The molecule has 0 saturated carbocycles. The van der Waals surface area contributed by atoms with Gasteiger partial charge in [-0.1, -0.05) is 32.5 Å². The number of aryl methyl sites for hydroxylation is 1. The maximum atomic E-state index is 4.89. The van der Waals surface area contributed by atoms with Crippen LogP contribution in [0.25, 0.3) is 0 Å². The summed E-state index contributed by atoms with van der Waals surface area (Å²) in [6.45, 7) is 2.05. The molecular formula is C9H17OP. The largest absolute Gasteiger partial charge is 0.480 e. The fraction of sp³-hybridized carbons (Fsp3) is 0.333. The van der Waals surface area contributed by atoms with Crippen molar-refractivity contribution in [2.24, 2.45) is 0 Å². The van der Waals surface area contributed by atoms with Gasteiger partial charge in [0.1, 0.15) is 5.75 Å². The highest BCUT2D eigenvalue weighted by atomic mass is 31.0. The van der Waals surface area contributed by atoms with Crippen LogP contribution in [0.2, 0.25) is 0 Å². The van der Waals surface area contributed by atoms with Crippen LogP contribution in [0.15, 0.2) is 24.3 Å². The molecule has 0 saturated heterocycles. The van der Waals surface area contributed by atoms with Gasteiger partial charge in [-0.3, -0.25) is 0 Å². The number of hydrogen-bond acceptors (Lipinski definition) is 1. The molecule has 0 radical (unpaired) electrons. The van der Waals surface area contributed by atoms with Crippen LogP contribution in [0, 0.1) is 6.92 Å². The molecule has 1 rings (SSSR count). The van der Waals surface area contributed by atoms with Gasteiger partial charge in [-0.2, -0.15) is 0 Å². The first kappa shape index (κ1) is 13.1. The molecule has 0 aromatic heterocycles. The molecular weight excluding hydrogens is 155 g/mol. The van der Waals surface area contributed by atoms with E-state index in [4.69, 9.17) is 4.52 Å². The van der Waals surface area contributed by atoms with Gasteiger partial charge >= 0.3 is 0 Å². The van der Waals surface area contributed by atoms with E-state index in [2.05, 4.69) is 9.47 Å². The first-order valence-corrected chi connectivity index (χ1v) is 3.23. The van der Waals surface area contributed by atoms with Gasteiger partial charge in [-0.15, -0.1) is 0 Å². The second kappa shape index (κ2) is 6.18. The Balaban J connectivity index is 0. The van der Waals surface area contributed by atoms with Gasteiger partial charge in [0.25, 0.3) is 0 Å². The summed E-state index contributed by atoms with van der Waals surface area (Å²) in [4.78, 5) is 0. The zero-order chi connectivity index (χ0) is 6.69. The molecule has 0 aliphatic heterocycles. The minimum absolute atomic E-state index is 0. The van der Waals surface area contributed by atoms with Crippen molar-refractivity contribution in [3.8, 4) is 5.75 Å². The molecule has 11 heavy (non-hydrogen) atoms. The fourth-order valence-corrected chi connectivity index (χ4v) is 0.774. The molecule has 0 N–H and O–H groups in total. The average molecular weight is 172 g/mol. The Hall–Kier alpha value is -0.550. The highest BCUT2D eigenvalue weighted by Crippen LogP contribution is 2.12. The first-order chi connectivity index (χ1) is 4.33. The van der Waals surface area contributed by atoms with E-state index in [1.54, 1.807) is 0 Å². The molecule has 0 amide bonds. The van der Waals surface area contributed by atoms with Crippen LogP contribution in [0.5, 0.6) is 5.75 Å². The van der Waals surface area contributed by atoms with Crippen molar-refractivity contribution in [2.75, 3.05) is 0 Å². The Morgan fingerprint density at radius 2 is 1.55 bits per heavy atom. The lowest BCUT2D eigenvalue weighted by Gasteiger charge is -1.96.